The van der Waals surface area contributed by atoms with Crippen LogP contribution in [0.2, 0.25) is 5.02 Å². The van der Waals surface area contributed by atoms with Crippen LogP contribution < -0.4 is 19.2 Å². The fourth-order valence-electron chi connectivity index (χ4n) is 3.10. The number of hydrazone groups is 1. The Hall–Kier alpha value is -3.56. The molecule has 1 N–H and O–H groups in total. The highest BCUT2D eigenvalue weighted by atomic mass is 35.5. The lowest BCUT2D eigenvalue weighted by Gasteiger charge is -2.24. The molecule has 0 atom stereocenters. The van der Waals surface area contributed by atoms with Gasteiger partial charge in [0, 0.05) is 0 Å². The molecule has 3 aromatic rings. The maximum atomic E-state index is 13.4. The molecule has 0 saturated heterocycles. The van der Waals surface area contributed by atoms with Gasteiger partial charge in [0.2, 0.25) is 0 Å². The first kappa shape index (κ1) is 27.0. The molecule has 0 spiro atoms. The second-order valence-electron chi connectivity index (χ2n) is 8.21. The highest BCUT2D eigenvalue weighted by molar-refractivity contribution is 7.92. The summed E-state index contributed by atoms with van der Waals surface area (Å²) in [4.78, 5) is 12.7. The lowest BCUT2D eigenvalue weighted by Crippen LogP contribution is -2.39. The maximum Gasteiger partial charge on any atom is 0.264 e. The van der Waals surface area contributed by atoms with Gasteiger partial charge in [-0.25, -0.2) is 13.8 Å². The number of methoxy groups -OCH3 is 1. The van der Waals surface area contributed by atoms with Crippen LogP contribution in [0, 0.1) is 5.92 Å². The first-order valence-electron chi connectivity index (χ1n) is 11.2. The van der Waals surface area contributed by atoms with Gasteiger partial charge < -0.3 is 9.47 Å². The molecule has 10 heteroatoms. The molecule has 0 aliphatic heterocycles. The molecule has 0 aliphatic carbocycles. The number of nitrogens with zero attached hydrogens (tertiary/aromatic N) is 2. The predicted molar refractivity (Wildman–Crippen MR) is 141 cm³/mol. The van der Waals surface area contributed by atoms with Gasteiger partial charge in [-0.15, -0.1) is 0 Å². The molecule has 0 saturated carbocycles. The van der Waals surface area contributed by atoms with Crippen molar-refractivity contribution in [2.75, 3.05) is 24.6 Å². The van der Waals surface area contributed by atoms with Crippen LogP contribution in [0.4, 0.5) is 5.69 Å². The van der Waals surface area contributed by atoms with Crippen LogP contribution in [-0.4, -0.2) is 40.8 Å². The van der Waals surface area contributed by atoms with Crippen LogP contribution in [0.5, 0.6) is 11.5 Å². The average Bonchev–Trinajstić information content (AvgIpc) is 2.87. The van der Waals surface area contributed by atoms with Crippen LogP contribution in [0.15, 0.2) is 82.8 Å². The minimum absolute atomic E-state index is 0.0352. The number of hydrogen-bond acceptors (Lipinski definition) is 6. The van der Waals surface area contributed by atoms with Crippen molar-refractivity contribution in [3.8, 4) is 11.5 Å². The number of carbonyl (C=O) groups is 1. The SMILES string of the molecule is COc1ccc(N(CC(=O)N/N=C/c2ccc(OCC(C)C)cc2)S(=O)(=O)c2ccccc2)cc1Cl. The first-order valence-corrected chi connectivity index (χ1v) is 13.0. The molecule has 3 rings (SSSR count). The number of hydrogen-bond donors (Lipinski definition) is 1. The van der Waals surface area contributed by atoms with E-state index in [-0.39, 0.29) is 15.6 Å². The Morgan fingerprint density at radius 3 is 2.39 bits per heavy atom. The molecule has 0 aromatic heterocycles. The van der Waals surface area contributed by atoms with Crippen LogP contribution in [-0.2, 0) is 14.8 Å². The van der Waals surface area contributed by atoms with Crippen molar-refractivity contribution in [1.29, 1.82) is 0 Å². The van der Waals surface area contributed by atoms with Gasteiger partial charge in [-0.1, -0.05) is 43.6 Å². The summed E-state index contributed by atoms with van der Waals surface area (Å²) in [6.45, 7) is 4.24. The van der Waals surface area contributed by atoms with Crippen molar-refractivity contribution in [2.45, 2.75) is 18.7 Å². The summed E-state index contributed by atoms with van der Waals surface area (Å²) in [7, 11) is -2.62. The summed E-state index contributed by atoms with van der Waals surface area (Å²) in [5, 5.41) is 4.17. The van der Waals surface area contributed by atoms with Crippen molar-refractivity contribution in [3.05, 3.63) is 83.4 Å². The van der Waals surface area contributed by atoms with E-state index in [0.717, 1.165) is 15.6 Å². The molecule has 0 bridgehead atoms. The van der Waals surface area contributed by atoms with E-state index in [1.165, 1.54) is 43.7 Å². The number of carbonyl (C=O) groups excluding carboxylic acids is 1. The summed E-state index contributed by atoms with van der Waals surface area (Å²) in [5.41, 5.74) is 3.33. The van der Waals surface area contributed by atoms with Gasteiger partial charge in [0.05, 0.1) is 35.5 Å². The molecule has 0 heterocycles. The average molecular weight is 530 g/mol. The van der Waals surface area contributed by atoms with Gasteiger partial charge in [0.1, 0.15) is 18.0 Å². The van der Waals surface area contributed by atoms with Gasteiger partial charge in [-0.2, -0.15) is 5.10 Å². The van der Waals surface area contributed by atoms with Crippen LogP contribution >= 0.6 is 11.6 Å². The number of benzene rings is 3. The third-order valence-electron chi connectivity index (χ3n) is 4.91. The molecule has 0 radical (unpaired) electrons. The molecule has 1 amide bonds. The van der Waals surface area contributed by atoms with Crippen molar-refractivity contribution < 1.29 is 22.7 Å². The Labute approximate surface area is 216 Å². The third-order valence-corrected chi connectivity index (χ3v) is 6.99. The molecular formula is C26H28ClN3O5S. The van der Waals surface area contributed by atoms with Crippen molar-refractivity contribution in [1.82, 2.24) is 5.43 Å². The Bertz CT molecular complexity index is 1300. The zero-order chi connectivity index (χ0) is 26.1. The number of rotatable bonds is 11. The number of ether oxygens (including phenoxy) is 2. The number of nitrogens with one attached hydrogen (secondary N) is 1. The Kier molecular flexibility index (Phi) is 9.32. The molecule has 0 aliphatic rings. The van der Waals surface area contributed by atoms with E-state index in [1.54, 1.807) is 30.3 Å². The second kappa shape index (κ2) is 12.4. The summed E-state index contributed by atoms with van der Waals surface area (Å²) < 4.78 is 38.5. The van der Waals surface area contributed by atoms with E-state index in [4.69, 9.17) is 21.1 Å². The highest BCUT2D eigenvalue weighted by Gasteiger charge is 2.27. The zero-order valence-electron chi connectivity index (χ0n) is 20.2. The Morgan fingerprint density at radius 2 is 1.78 bits per heavy atom. The molecule has 0 fully saturated rings. The number of anilines is 1. The van der Waals surface area contributed by atoms with Gasteiger partial charge >= 0.3 is 0 Å². The van der Waals surface area contributed by atoms with E-state index < -0.39 is 22.5 Å². The normalized spacial score (nSPS) is 11.5. The first-order chi connectivity index (χ1) is 17.2. The highest BCUT2D eigenvalue weighted by Crippen LogP contribution is 2.31. The minimum atomic E-state index is -4.07. The summed E-state index contributed by atoms with van der Waals surface area (Å²) >= 11 is 6.22. The number of sulfonamides is 1. The largest absolute Gasteiger partial charge is 0.495 e. The lowest BCUT2D eigenvalue weighted by atomic mass is 10.2. The predicted octanol–water partition coefficient (Wildman–Crippen LogP) is 4.73. The topological polar surface area (TPSA) is 97.3 Å². The van der Waals surface area contributed by atoms with E-state index >= 15 is 0 Å². The molecule has 3 aromatic carbocycles. The van der Waals surface area contributed by atoms with Gasteiger partial charge in [0.15, 0.2) is 0 Å². The van der Waals surface area contributed by atoms with E-state index in [1.807, 2.05) is 12.1 Å². The quantitative estimate of drug-likeness (QED) is 0.286. The minimum Gasteiger partial charge on any atom is -0.495 e. The second-order valence-corrected chi connectivity index (χ2v) is 10.5. The number of halogens is 1. The Morgan fingerprint density at radius 1 is 1.08 bits per heavy atom. The number of amides is 1. The molecule has 0 unspecified atom stereocenters. The maximum absolute atomic E-state index is 13.4. The standard InChI is InChI=1S/C26H28ClN3O5S/c1-19(2)18-35-22-12-9-20(10-13-22)16-28-29-26(31)17-30(21-11-14-25(34-3)24(27)15-21)36(32,33)23-7-5-4-6-8-23/h4-16,19H,17-18H2,1-3H3,(H,29,31)/b28-16+. The molecular weight excluding hydrogens is 502 g/mol. The van der Waals surface area contributed by atoms with Gasteiger partial charge in [0.25, 0.3) is 15.9 Å². The summed E-state index contributed by atoms with van der Waals surface area (Å²) in [6, 6.07) is 19.5. The van der Waals surface area contributed by atoms with Gasteiger partial charge in [-0.05, 0) is 66.1 Å². The third kappa shape index (κ3) is 7.22. The molecule has 190 valence electrons. The van der Waals surface area contributed by atoms with Crippen LogP contribution in [0.1, 0.15) is 19.4 Å². The monoisotopic (exact) mass is 529 g/mol. The lowest BCUT2D eigenvalue weighted by molar-refractivity contribution is -0.119. The summed E-state index contributed by atoms with van der Waals surface area (Å²) in [6.07, 6.45) is 1.46. The molecule has 8 nitrogen and oxygen atoms in total. The Balaban J connectivity index is 1.75. The van der Waals surface area contributed by atoms with Crippen molar-refractivity contribution >= 4 is 39.4 Å². The van der Waals surface area contributed by atoms with Crippen LogP contribution in [0.25, 0.3) is 0 Å². The smallest absolute Gasteiger partial charge is 0.264 e. The van der Waals surface area contributed by atoms with Gasteiger partial charge in [-0.3, -0.25) is 9.10 Å². The summed E-state index contributed by atoms with van der Waals surface area (Å²) in [5.74, 6) is 0.909. The van der Waals surface area contributed by atoms with E-state index in [9.17, 15) is 13.2 Å². The van der Waals surface area contributed by atoms with Crippen molar-refractivity contribution in [2.24, 2.45) is 11.0 Å². The zero-order valence-corrected chi connectivity index (χ0v) is 21.8. The van der Waals surface area contributed by atoms with Crippen molar-refractivity contribution in [3.63, 3.8) is 0 Å². The molecule has 36 heavy (non-hydrogen) atoms. The fraction of sp³-hybridized carbons (Fsp3) is 0.231. The fourth-order valence-corrected chi connectivity index (χ4v) is 4.79. The van der Waals surface area contributed by atoms with Crippen LogP contribution in [0.3, 0.4) is 0 Å². The van der Waals surface area contributed by atoms with E-state index in [0.29, 0.717) is 18.3 Å². The van der Waals surface area contributed by atoms with E-state index in [2.05, 4.69) is 24.4 Å².